The Hall–Kier alpha value is -4.78. The summed E-state index contributed by atoms with van der Waals surface area (Å²) in [6, 6.07) is 6.69. The summed E-state index contributed by atoms with van der Waals surface area (Å²) in [5, 5.41) is 5.74. The normalized spacial score (nSPS) is 24.1. The maximum Gasteiger partial charge on any atom is 0.407 e. The molecule has 6 rings (SSSR count). The van der Waals surface area contributed by atoms with Crippen molar-refractivity contribution in [2.75, 3.05) is 13.7 Å². The van der Waals surface area contributed by atoms with Crippen LogP contribution in [0.4, 0.5) is 4.79 Å². The molecule has 1 aliphatic carbocycles. The molecule has 2 N–H and O–H groups in total. The van der Waals surface area contributed by atoms with Gasteiger partial charge in [0.15, 0.2) is 18.5 Å². The fourth-order valence-electron chi connectivity index (χ4n) is 7.50. The van der Waals surface area contributed by atoms with E-state index in [0.717, 1.165) is 28.7 Å². The van der Waals surface area contributed by atoms with Crippen LogP contribution in [-0.2, 0) is 41.6 Å². The van der Waals surface area contributed by atoms with Crippen molar-refractivity contribution in [1.29, 1.82) is 0 Å². The van der Waals surface area contributed by atoms with Gasteiger partial charge in [0.2, 0.25) is 11.7 Å². The summed E-state index contributed by atoms with van der Waals surface area (Å²) in [4.78, 5) is 79.5. The third-order valence-corrected chi connectivity index (χ3v) is 10.4. The Balaban J connectivity index is 1.12. The highest BCUT2D eigenvalue weighted by Crippen LogP contribution is 2.42. The van der Waals surface area contributed by atoms with Gasteiger partial charge in [0.25, 0.3) is 0 Å². The van der Waals surface area contributed by atoms with Crippen molar-refractivity contribution in [1.82, 2.24) is 15.5 Å². The summed E-state index contributed by atoms with van der Waals surface area (Å²) in [6.45, 7) is 7.26. The van der Waals surface area contributed by atoms with E-state index < -0.39 is 42.1 Å². The number of benzene rings is 2. The molecule has 6 unspecified atom stereocenters. The van der Waals surface area contributed by atoms with Crippen LogP contribution in [0.1, 0.15) is 91.6 Å². The number of likely N-dealkylation sites (tertiary alicyclic amines) is 1. The van der Waals surface area contributed by atoms with Gasteiger partial charge in [-0.15, -0.1) is 0 Å². The van der Waals surface area contributed by atoms with Crippen molar-refractivity contribution in [3.63, 3.8) is 0 Å². The Kier molecular flexibility index (Phi) is 10.5. The minimum absolute atomic E-state index is 0.171. The van der Waals surface area contributed by atoms with Crippen molar-refractivity contribution in [3.05, 3.63) is 52.6 Å². The Labute approximate surface area is 296 Å². The average Bonchev–Trinajstić information content (AvgIpc) is 3.74. The number of rotatable bonds is 9. The second kappa shape index (κ2) is 14.8. The summed E-state index contributed by atoms with van der Waals surface area (Å²) in [7, 11) is 1.22. The molecule has 2 aromatic rings. The summed E-state index contributed by atoms with van der Waals surface area (Å²) in [5.41, 5.74) is 4.08. The standard InChI is InChI=1S/C38H45N3O10/c1-19(2)33(40-38(47)48-5)35(44)41-21(4)7-12-29(41)37(46)51-31-13-9-22-15-27-25-10-8-23(14-24(25)17-49-32(27)16-26(22)34(31)43)30(42)18-50-36(45)28-11-6-20(3)39-28/h8,10,14-16,19-21,28-29,31,33,39H,6-7,9,11-13,17-18H2,1-5H3,(H,40,47). The number of hydrogen-bond donors (Lipinski definition) is 2. The van der Waals surface area contributed by atoms with E-state index in [9.17, 15) is 28.8 Å². The maximum atomic E-state index is 13.7. The number of hydrogen-bond acceptors (Lipinski definition) is 11. The largest absolute Gasteiger partial charge is 0.488 e. The van der Waals surface area contributed by atoms with E-state index in [0.29, 0.717) is 42.6 Å². The molecule has 0 aromatic heterocycles. The number of nitrogens with one attached hydrogen (secondary N) is 2. The lowest BCUT2D eigenvalue weighted by molar-refractivity contribution is -0.158. The number of esters is 2. The molecular formula is C38H45N3O10. The molecule has 272 valence electrons. The number of fused-ring (bicyclic) bond motifs is 4. The quantitative estimate of drug-likeness (QED) is 0.221. The second-order valence-electron chi connectivity index (χ2n) is 14.3. The van der Waals surface area contributed by atoms with Gasteiger partial charge in [0.1, 0.15) is 30.5 Å². The lowest BCUT2D eigenvalue weighted by atomic mass is 9.84. The molecule has 2 aromatic carbocycles. The minimum Gasteiger partial charge on any atom is -0.488 e. The third-order valence-electron chi connectivity index (χ3n) is 10.4. The number of aryl methyl sites for hydroxylation is 1. The molecule has 13 nitrogen and oxygen atoms in total. The Morgan fingerprint density at radius 2 is 1.73 bits per heavy atom. The average molecular weight is 704 g/mol. The van der Waals surface area contributed by atoms with Crippen molar-refractivity contribution in [2.45, 2.75) is 109 Å². The fraction of sp³-hybridized carbons (Fsp3) is 0.526. The molecule has 0 bridgehead atoms. The van der Waals surface area contributed by atoms with Crippen LogP contribution >= 0.6 is 0 Å². The van der Waals surface area contributed by atoms with Crippen molar-refractivity contribution in [3.8, 4) is 16.9 Å². The van der Waals surface area contributed by atoms with Crippen LogP contribution in [0.2, 0.25) is 0 Å². The number of alkyl carbamates (subject to hydrolysis) is 1. The Morgan fingerprint density at radius 3 is 2.43 bits per heavy atom. The molecule has 0 spiro atoms. The molecule has 2 saturated heterocycles. The summed E-state index contributed by atoms with van der Waals surface area (Å²) in [6.07, 6.45) is 1.51. The molecule has 6 atom stereocenters. The zero-order valence-electron chi connectivity index (χ0n) is 29.6. The smallest absolute Gasteiger partial charge is 0.407 e. The minimum atomic E-state index is -1.02. The highest BCUT2D eigenvalue weighted by atomic mass is 16.6. The predicted octanol–water partition coefficient (Wildman–Crippen LogP) is 3.91. The van der Waals surface area contributed by atoms with Gasteiger partial charge in [-0.3, -0.25) is 19.2 Å². The lowest BCUT2D eigenvalue weighted by Gasteiger charge is -2.33. The number of carbonyl (C=O) groups excluding carboxylic acids is 6. The topological polar surface area (TPSA) is 167 Å². The van der Waals surface area contributed by atoms with Crippen LogP contribution in [0.15, 0.2) is 30.3 Å². The molecule has 51 heavy (non-hydrogen) atoms. The fourth-order valence-corrected chi connectivity index (χ4v) is 7.50. The van der Waals surface area contributed by atoms with Crippen LogP contribution in [0, 0.1) is 5.92 Å². The van der Waals surface area contributed by atoms with E-state index in [4.69, 9.17) is 18.9 Å². The number of nitrogens with zero attached hydrogens (tertiary/aromatic N) is 1. The predicted molar refractivity (Wildman–Crippen MR) is 183 cm³/mol. The first kappa shape index (κ1) is 36.0. The lowest BCUT2D eigenvalue weighted by Crippen LogP contribution is -2.56. The SMILES string of the molecule is COC(=O)NC(C(=O)N1C(C)CCC1C(=O)OC1CCc2cc3c(cc2C1=O)OCc1cc(C(=O)COC(=O)C2CCC(C)N2)ccc1-3)C(C)C. The molecule has 13 heteroatoms. The van der Waals surface area contributed by atoms with E-state index in [1.54, 1.807) is 32.0 Å². The van der Waals surface area contributed by atoms with Crippen LogP contribution in [0.3, 0.4) is 0 Å². The molecule has 4 aliphatic rings. The van der Waals surface area contributed by atoms with E-state index in [-0.39, 0.29) is 55.2 Å². The van der Waals surface area contributed by atoms with Gasteiger partial charge in [-0.2, -0.15) is 0 Å². The van der Waals surface area contributed by atoms with E-state index in [2.05, 4.69) is 10.6 Å². The van der Waals surface area contributed by atoms with E-state index in [1.807, 2.05) is 26.0 Å². The molecule has 3 aliphatic heterocycles. The first-order valence-corrected chi connectivity index (χ1v) is 17.7. The molecule has 2 fully saturated rings. The third kappa shape index (κ3) is 7.35. The van der Waals surface area contributed by atoms with Crippen molar-refractivity contribution in [2.24, 2.45) is 5.92 Å². The summed E-state index contributed by atoms with van der Waals surface area (Å²) in [5.74, 6) is -1.88. The highest BCUT2D eigenvalue weighted by Gasteiger charge is 2.45. The number of amides is 2. The maximum absolute atomic E-state index is 13.7. The van der Waals surface area contributed by atoms with Gasteiger partial charge in [0, 0.05) is 28.8 Å². The molecule has 3 heterocycles. The highest BCUT2D eigenvalue weighted by molar-refractivity contribution is 6.04. The van der Waals surface area contributed by atoms with Crippen LogP contribution in [0.5, 0.6) is 5.75 Å². The number of ketones is 2. The number of Topliss-reactive ketones (excluding diaryl/α,β-unsaturated/α-hetero) is 2. The second-order valence-corrected chi connectivity index (χ2v) is 14.3. The van der Waals surface area contributed by atoms with Gasteiger partial charge >= 0.3 is 18.0 Å². The number of carbonyl (C=O) groups is 6. The zero-order chi connectivity index (χ0) is 36.6. The zero-order valence-corrected chi connectivity index (χ0v) is 29.6. The van der Waals surface area contributed by atoms with E-state index >= 15 is 0 Å². The van der Waals surface area contributed by atoms with Crippen LogP contribution in [-0.4, -0.2) is 90.4 Å². The molecule has 2 amide bonds. The number of methoxy groups -OCH3 is 1. The van der Waals surface area contributed by atoms with Gasteiger partial charge in [-0.25, -0.2) is 9.59 Å². The monoisotopic (exact) mass is 703 g/mol. The van der Waals surface area contributed by atoms with Crippen LogP contribution in [0.25, 0.3) is 11.1 Å². The first-order valence-electron chi connectivity index (χ1n) is 17.7. The van der Waals surface area contributed by atoms with E-state index in [1.165, 1.54) is 12.0 Å². The van der Waals surface area contributed by atoms with Crippen LogP contribution < -0.4 is 15.4 Å². The van der Waals surface area contributed by atoms with Gasteiger partial charge in [-0.05, 0) is 93.2 Å². The first-order chi connectivity index (χ1) is 24.4. The van der Waals surface area contributed by atoms with Gasteiger partial charge in [0.05, 0.1) is 7.11 Å². The summed E-state index contributed by atoms with van der Waals surface area (Å²) >= 11 is 0. The van der Waals surface area contributed by atoms with Gasteiger partial charge < -0.3 is 34.5 Å². The number of ether oxygens (including phenoxy) is 4. The Morgan fingerprint density at radius 1 is 0.941 bits per heavy atom. The molecule has 0 radical (unpaired) electrons. The van der Waals surface area contributed by atoms with Crippen molar-refractivity contribution >= 4 is 35.5 Å². The summed E-state index contributed by atoms with van der Waals surface area (Å²) < 4.78 is 21.9. The molecular weight excluding hydrogens is 658 g/mol. The Bertz CT molecular complexity index is 1760. The molecule has 0 saturated carbocycles. The van der Waals surface area contributed by atoms with Gasteiger partial charge in [-0.1, -0.05) is 26.0 Å². The van der Waals surface area contributed by atoms with Crippen molar-refractivity contribution < 1.29 is 47.7 Å².